The van der Waals surface area contributed by atoms with Crippen LogP contribution in [0.15, 0.2) is 24.3 Å². The number of halogens is 1. The molecule has 0 spiro atoms. The van der Waals surface area contributed by atoms with E-state index in [4.69, 9.17) is 0 Å². The predicted octanol–water partition coefficient (Wildman–Crippen LogP) is 2.65. The van der Waals surface area contributed by atoms with Crippen LogP contribution in [0, 0.1) is 5.82 Å². The first-order valence-electron chi connectivity index (χ1n) is 6.25. The fraction of sp³-hybridized carbons (Fsp3) is 0.500. The number of carbonyl (C=O) groups is 1. The third kappa shape index (κ3) is 2.53. The molecule has 18 heavy (non-hydrogen) atoms. The first-order chi connectivity index (χ1) is 8.52. The van der Waals surface area contributed by atoms with Crippen molar-refractivity contribution in [3.05, 3.63) is 35.6 Å². The van der Waals surface area contributed by atoms with Crippen LogP contribution >= 0.6 is 0 Å². The predicted molar refractivity (Wildman–Crippen MR) is 66.7 cm³/mol. The zero-order valence-electron chi connectivity index (χ0n) is 10.5. The van der Waals surface area contributed by atoms with E-state index < -0.39 is 11.5 Å². The number of benzene rings is 1. The second-order valence-corrected chi connectivity index (χ2v) is 5.09. The van der Waals surface area contributed by atoms with Gasteiger partial charge in [0.25, 0.3) is 0 Å². The zero-order valence-corrected chi connectivity index (χ0v) is 10.5. The van der Waals surface area contributed by atoms with Crippen molar-refractivity contribution < 1.29 is 14.3 Å². The lowest BCUT2D eigenvalue weighted by atomic mass is 9.88. The molecule has 3 nitrogen and oxygen atoms in total. The monoisotopic (exact) mass is 251 g/mol. The molecule has 1 aliphatic rings. The van der Waals surface area contributed by atoms with Crippen molar-refractivity contribution >= 4 is 5.97 Å². The molecule has 0 saturated carbocycles. The minimum atomic E-state index is -0.829. The summed E-state index contributed by atoms with van der Waals surface area (Å²) in [4.78, 5) is 13.4. The smallest absolute Gasteiger partial charge is 0.323 e. The molecule has 1 saturated heterocycles. The summed E-state index contributed by atoms with van der Waals surface area (Å²) in [7, 11) is 0. The lowest BCUT2D eigenvalue weighted by molar-refractivity contribution is -0.153. The highest BCUT2D eigenvalue weighted by molar-refractivity contribution is 5.78. The molecule has 0 bridgehead atoms. The van der Waals surface area contributed by atoms with Crippen LogP contribution in [0.3, 0.4) is 0 Å². The second kappa shape index (κ2) is 5.06. The number of hydrogen-bond donors (Lipinski definition) is 1. The van der Waals surface area contributed by atoms with Gasteiger partial charge in [-0.1, -0.05) is 12.1 Å². The maximum atomic E-state index is 13.1. The van der Waals surface area contributed by atoms with Gasteiger partial charge in [-0.3, -0.25) is 9.69 Å². The normalized spacial score (nSPS) is 25.0. The number of carboxylic acid groups (broad SMARTS) is 1. The van der Waals surface area contributed by atoms with Crippen LogP contribution in [0.1, 0.15) is 31.7 Å². The standard InChI is InChI=1S/C14H18FNO2/c1-14(13(17)18)7-2-3-8-16(14)10-11-5-4-6-12(15)9-11/h4-6,9H,2-3,7-8,10H2,1H3,(H,17,18). The summed E-state index contributed by atoms with van der Waals surface area (Å²) in [6.07, 6.45) is 2.58. The molecule has 1 aliphatic heterocycles. The highest BCUT2D eigenvalue weighted by atomic mass is 19.1. The molecule has 4 heteroatoms. The third-order valence-corrected chi connectivity index (χ3v) is 3.76. The van der Waals surface area contributed by atoms with Crippen LogP contribution in [0.2, 0.25) is 0 Å². The first-order valence-corrected chi connectivity index (χ1v) is 6.25. The van der Waals surface area contributed by atoms with Gasteiger partial charge >= 0.3 is 5.97 Å². The van der Waals surface area contributed by atoms with Crippen LogP contribution in [-0.2, 0) is 11.3 Å². The molecule has 1 aromatic carbocycles. The van der Waals surface area contributed by atoms with E-state index in [-0.39, 0.29) is 5.82 Å². The van der Waals surface area contributed by atoms with Crippen molar-refractivity contribution in [2.24, 2.45) is 0 Å². The molecule has 0 aliphatic carbocycles. The summed E-state index contributed by atoms with van der Waals surface area (Å²) in [6.45, 7) is 2.99. The molecular weight excluding hydrogens is 233 g/mol. The van der Waals surface area contributed by atoms with E-state index in [0.29, 0.717) is 13.0 Å². The van der Waals surface area contributed by atoms with Crippen LogP contribution in [0.5, 0.6) is 0 Å². The molecule has 2 rings (SSSR count). The molecule has 1 atom stereocenters. The highest BCUT2D eigenvalue weighted by Crippen LogP contribution is 2.29. The van der Waals surface area contributed by atoms with E-state index in [2.05, 4.69) is 0 Å². The lowest BCUT2D eigenvalue weighted by Crippen LogP contribution is -2.54. The van der Waals surface area contributed by atoms with Crippen LogP contribution < -0.4 is 0 Å². The number of hydrogen-bond acceptors (Lipinski definition) is 2. The molecule has 1 N–H and O–H groups in total. The van der Waals surface area contributed by atoms with E-state index >= 15 is 0 Å². The Balaban J connectivity index is 2.18. The summed E-state index contributed by atoms with van der Waals surface area (Å²) >= 11 is 0. The average Bonchev–Trinajstić information content (AvgIpc) is 2.32. The number of nitrogens with zero attached hydrogens (tertiary/aromatic N) is 1. The van der Waals surface area contributed by atoms with E-state index in [1.807, 2.05) is 11.0 Å². The highest BCUT2D eigenvalue weighted by Gasteiger charge is 2.41. The van der Waals surface area contributed by atoms with Gasteiger partial charge in [0.05, 0.1) is 0 Å². The molecule has 1 unspecified atom stereocenters. The summed E-state index contributed by atoms with van der Waals surface area (Å²) in [5.41, 5.74) is -0.00531. The van der Waals surface area contributed by atoms with Crippen LogP contribution in [-0.4, -0.2) is 28.1 Å². The maximum absolute atomic E-state index is 13.1. The Morgan fingerprint density at radius 3 is 2.94 bits per heavy atom. The van der Waals surface area contributed by atoms with E-state index in [9.17, 15) is 14.3 Å². The molecule has 0 radical (unpaired) electrons. The van der Waals surface area contributed by atoms with E-state index in [1.165, 1.54) is 12.1 Å². The van der Waals surface area contributed by atoms with Crippen molar-refractivity contribution in [2.75, 3.05) is 6.54 Å². The average molecular weight is 251 g/mol. The van der Waals surface area contributed by atoms with Gasteiger partial charge in [0.2, 0.25) is 0 Å². The van der Waals surface area contributed by atoms with E-state index in [0.717, 1.165) is 24.9 Å². The van der Waals surface area contributed by atoms with Crippen molar-refractivity contribution in [1.29, 1.82) is 0 Å². The van der Waals surface area contributed by atoms with E-state index in [1.54, 1.807) is 13.0 Å². The number of aliphatic carboxylic acids is 1. The van der Waals surface area contributed by atoms with Crippen molar-refractivity contribution in [3.63, 3.8) is 0 Å². The SMILES string of the molecule is CC1(C(=O)O)CCCCN1Cc1cccc(F)c1. The van der Waals surface area contributed by atoms with Gasteiger partial charge in [0.15, 0.2) is 0 Å². The van der Waals surface area contributed by atoms with Gasteiger partial charge in [-0.15, -0.1) is 0 Å². The molecule has 1 fully saturated rings. The van der Waals surface area contributed by atoms with Gasteiger partial charge in [-0.05, 0) is 50.4 Å². The molecular formula is C14H18FNO2. The van der Waals surface area contributed by atoms with Crippen LogP contribution in [0.25, 0.3) is 0 Å². The number of likely N-dealkylation sites (tertiary alicyclic amines) is 1. The zero-order chi connectivity index (χ0) is 13.2. The van der Waals surface area contributed by atoms with Gasteiger partial charge in [-0.2, -0.15) is 0 Å². The molecule has 1 aromatic rings. The van der Waals surface area contributed by atoms with Crippen molar-refractivity contribution in [3.8, 4) is 0 Å². The summed E-state index contributed by atoms with van der Waals surface area (Å²) in [5.74, 6) is -1.07. The number of piperidine rings is 1. The first kappa shape index (κ1) is 13.0. The number of carboxylic acids is 1. The summed E-state index contributed by atoms with van der Waals surface area (Å²) < 4.78 is 13.1. The summed E-state index contributed by atoms with van der Waals surface area (Å²) in [5, 5.41) is 9.38. The maximum Gasteiger partial charge on any atom is 0.323 e. The molecule has 1 heterocycles. The molecule has 0 amide bonds. The second-order valence-electron chi connectivity index (χ2n) is 5.09. The Morgan fingerprint density at radius 2 is 2.28 bits per heavy atom. The van der Waals surface area contributed by atoms with Crippen molar-refractivity contribution in [1.82, 2.24) is 4.90 Å². The van der Waals surface area contributed by atoms with Gasteiger partial charge in [0, 0.05) is 6.54 Å². The minimum Gasteiger partial charge on any atom is -0.480 e. The topological polar surface area (TPSA) is 40.5 Å². The van der Waals surface area contributed by atoms with Crippen molar-refractivity contribution in [2.45, 2.75) is 38.3 Å². The van der Waals surface area contributed by atoms with Gasteiger partial charge in [0.1, 0.15) is 11.4 Å². The largest absolute Gasteiger partial charge is 0.480 e. The van der Waals surface area contributed by atoms with Crippen LogP contribution in [0.4, 0.5) is 4.39 Å². The Morgan fingerprint density at radius 1 is 1.50 bits per heavy atom. The molecule has 98 valence electrons. The Labute approximate surface area is 106 Å². The minimum absolute atomic E-state index is 0.276. The molecule has 0 aromatic heterocycles. The number of rotatable bonds is 3. The van der Waals surface area contributed by atoms with Gasteiger partial charge in [-0.25, -0.2) is 4.39 Å². The fourth-order valence-electron chi connectivity index (χ4n) is 2.53. The quantitative estimate of drug-likeness (QED) is 0.897. The Bertz CT molecular complexity index is 449. The Kier molecular flexibility index (Phi) is 3.66. The Hall–Kier alpha value is -1.42. The van der Waals surface area contributed by atoms with Gasteiger partial charge < -0.3 is 5.11 Å². The lowest BCUT2D eigenvalue weighted by Gasteiger charge is -2.41. The summed E-state index contributed by atoms with van der Waals surface area (Å²) in [6, 6.07) is 6.36. The fourth-order valence-corrected chi connectivity index (χ4v) is 2.53. The third-order valence-electron chi connectivity index (χ3n) is 3.76.